The highest BCUT2D eigenvalue weighted by Gasteiger charge is 2.52. The van der Waals surface area contributed by atoms with Crippen LogP contribution in [0.4, 0.5) is 0 Å². The average molecular weight is 499 g/mol. The van der Waals surface area contributed by atoms with E-state index in [1.165, 1.54) is 26.4 Å². The van der Waals surface area contributed by atoms with Gasteiger partial charge in [0.25, 0.3) is 5.91 Å². The molecule has 4 bridgehead atoms. The molecule has 2 aromatic carbocycles. The number of benzene rings is 2. The molecule has 4 aliphatic rings. The number of carbonyl (C=O) groups excluding carboxylic acids is 1. The zero-order valence-corrected chi connectivity index (χ0v) is 21.2. The molecule has 35 heavy (non-hydrogen) atoms. The summed E-state index contributed by atoms with van der Waals surface area (Å²) in [5.74, 6) is 2.84. The lowest BCUT2D eigenvalue weighted by Gasteiger charge is -2.56. The van der Waals surface area contributed by atoms with Gasteiger partial charge >= 0.3 is 0 Å². The Labute approximate surface area is 207 Å². The molecule has 2 aromatic rings. The second-order valence-electron chi connectivity index (χ2n) is 10.5. The minimum absolute atomic E-state index is 0.250. The van der Waals surface area contributed by atoms with Gasteiger partial charge in [-0.2, -0.15) is 0 Å². The van der Waals surface area contributed by atoms with E-state index >= 15 is 0 Å². The zero-order chi connectivity index (χ0) is 24.6. The molecule has 0 aliphatic heterocycles. The van der Waals surface area contributed by atoms with Crippen LogP contribution >= 0.6 is 0 Å². The maximum Gasteiger partial charge on any atom is 0.255 e. The van der Waals surface area contributed by atoms with Gasteiger partial charge in [-0.25, -0.2) is 13.1 Å². The lowest BCUT2D eigenvalue weighted by molar-refractivity contribution is -0.00810. The number of amides is 1. The molecular formula is C27H34N2O5S. The van der Waals surface area contributed by atoms with Crippen LogP contribution in [0.3, 0.4) is 0 Å². The summed E-state index contributed by atoms with van der Waals surface area (Å²) in [6.45, 7) is 0.414. The number of rotatable bonds is 9. The van der Waals surface area contributed by atoms with Gasteiger partial charge in [0, 0.05) is 12.1 Å². The second-order valence-corrected chi connectivity index (χ2v) is 12.2. The van der Waals surface area contributed by atoms with Crippen LogP contribution in [0, 0.1) is 17.8 Å². The molecule has 4 saturated carbocycles. The first-order chi connectivity index (χ1) is 16.8. The van der Waals surface area contributed by atoms with Crippen molar-refractivity contribution in [1.82, 2.24) is 10.0 Å². The minimum Gasteiger partial charge on any atom is -0.497 e. The van der Waals surface area contributed by atoms with Gasteiger partial charge in [0.05, 0.1) is 24.7 Å². The van der Waals surface area contributed by atoms with Crippen LogP contribution in [-0.4, -0.2) is 40.6 Å². The van der Waals surface area contributed by atoms with Crippen molar-refractivity contribution in [2.75, 3.05) is 20.8 Å². The molecule has 7 nitrogen and oxygen atoms in total. The van der Waals surface area contributed by atoms with Crippen molar-refractivity contribution in [2.45, 2.75) is 55.4 Å². The molecule has 1 amide bonds. The molecule has 188 valence electrons. The molecule has 2 N–H and O–H groups in total. The van der Waals surface area contributed by atoms with Gasteiger partial charge in [0.15, 0.2) is 0 Å². The van der Waals surface area contributed by atoms with E-state index in [9.17, 15) is 13.2 Å². The third-order valence-corrected chi connectivity index (χ3v) is 9.57. The van der Waals surface area contributed by atoms with Gasteiger partial charge in [-0.1, -0.05) is 12.1 Å². The Morgan fingerprint density at radius 3 is 2.14 bits per heavy atom. The molecular weight excluding hydrogens is 464 g/mol. The Morgan fingerprint density at radius 1 is 0.943 bits per heavy atom. The normalized spacial score (nSPS) is 27.0. The largest absolute Gasteiger partial charge is 0.497 e. The number of carbonyl (C=O) groups is 1. The molecule has 0 unspecified atom stereocenters. The Balaban J connectivity index is 1.18. The van der Waals surface area contributed by atoms with E-state index in [-0.39, 0.29) is 11.4 Å². The zero-order valence-electron chi connectivity index (χ0n) is 20.4. The summed E-state index contributed by atoms with van der Waals surface area (Å²) < 4.78 is 40.0. The average Bonchev–Trinajstić information content (AvgIpc) is 2.82. The van der Waals surface area contributed by atoms with Gasteiger partial charge in [0.1, 0.15) is 11.5 Å². The molecule has 4 fully saturated rings. The molecule has 0 heterocycles. The van der Waals surface area contributed by atoms with Crippen LogP contribution in [-0.2, 0) is 16.4 Å². The van der Waals surface area contributed by atoms with Crippen LogP contribution in [0.1, 0.15) is 54.4 Å². The fourth-order valence-corrected chi connectivity index (χ4v) is 8.25. The van der Waals surface area contributed by atoms with E-state index in [1.54, 1.807) is 37.4 Å². The highest BCUT2D eigenvalue weighted by Crippen LogP contribution is 2.56. The number of methoxy groups -OCH3 is 2. The number of hydrogen-bond acceptors (Lipinski definition) is 5. The maximum atomic E-state index is 13.2. The van der Waals surface area contributed by atoms with E-state index in [1.807, 2.05) is 12.1 Å². The first kappa shape index (κ1) is 24.1. The molecule has 0 aromatic heterocycles. The van der Waals surface area contributed by atoms with Crippen LogP contribution in [0.25, 0.3) is 0 Å². The van der Waals surface area contributed by atoms with E-state index in [4.69, 9.17) is 9.47 Å². The van der Waals surface area contributed by atoms with Gasteiger partial charge in [-0.3, -0.25) is 4.79 Å². The first-order valence-electron chi connectivity index (χ1n) is 12.4. The van der Waals surface area contributed by atoms with E-state index in [0.29, 0.717) is 52.7 Å². The van der Waals surface area contributed by atoms with E-state index < -0.39 is 10.0 Å². The van der Waals surface area contributed by atoms with E-state index in [0.717, 1.165) is 24.8 Å². The number of sulfonamides is 1. The Morgan fingerprint density at radius 2 is 1.57 bits per heavy atom. The number of ether oxygens (including phenoxy) is 2. The summed E-state index contributed by atoms with van der Waals surface area (Å²) in [6.07, 6.45) is 7.35. The third kappa shape index (κ3) is 5.05. The van der Waals surface area contributed by atoms with Crippen molar-refractivity contribution in [3.8, 4) is 11.5 Å². The fraction of sp³-hybridized carbons (Fsp3) is 0.519. The summed E-state index contributed by atoms with van der Waals surface area (Å²) >= 11 is 0. The molecule has 4 aliphatic carbocycles. The van der Waals surface area contributed by atoms with Crippen molar-refractivity contribution in [2.24, 2.45) is 17.8 Å². The maximum absolute atomic E-state index is 13.2. The molecule has 0 radical (unpaired) electrons. The molecule has 6 rings (SSSR count). The van der Waals surface area contributed by atoms with Crippen molar-refractivity contribution < 1.29 is 22.7 Å². The van der Waals surface area contributed by atoms with E-state index in [2.05, 4.69) is 10.0 Å². The monoisotopic (exact) mass is 498 g/mol. The summed E-state index contributed by atoms with van der Waals surface area (Å²) in [7, 11) is -0.502. The Hall–Kier alpha value is -2.58. The van der Waals surface area contributed by atoms with Gasteiger partial charge in [-0.15, -0.1) is 0 Å². The predicted molar refractivity (Wildman–Crippen MR) is 133 cm³/mol. The van der Waals surface area contributed by atoms with Gasteiger partial charge < -0.3 is 14.8 Å². The topological polar surface area (TPSA) is 93.7 Å². The highest BCUT2D eigenvalue weighted by molar-refractivity contribution is 7.89. The van der Waals surface area contributed by atoms with Crippen molar-refractivity contribution in [3.63, 3.8) is 0 Å². The fourth-order valence-electron chi connectivity index (χ4n) is 6.82. The quantitative estimate of drug-likeness (QED) is 0.547. The summed E-state index contributed by atoms with van der Waals surface area (Å²) in [6, 6.07) is 12.1. The van der Waals surface area contributed by atoms with Gasteiger partial charge in [-0.05, 0) is 98.6 Å². The van der Waals surface area contributed by atoms with Crippen molar-refractivity contribution in [3.05, 3.63) is 53.6 Å². The van der Waals surface area contributed by atoms with Crippen LogP contribution in [0.5, 0.6) is 11.5 Å². The lowest BCUT2D eigenvalue weighted by atomic mass is 9.53. The molecule has 0 saturated heterocycles. The molecule has 0 atom stereocenters. The second kappa shape index (κ2) is 9.47. The smallest absolute Gasteiger partial charge is 0.255 e. The predicted octanol–water partition coefficient (Wildman–Crippen LogP) is 3.92. The summed E-state index contributed by atoms with van der Waals surface area (Å²) in [5, 5.41) is 2.90. The van der Waals surface area contributed by atoms with Crippen molar-refractivity contribution in [1.29, 1.82) is 0 Å². The Bertz CT molecular complexity index is 1160. The highest BCUT2D eigenvalue weighted by atomic mass is 32.2. The summed E-state index contributed by atoms with van der Waals surface area (Å²) in [5.41, 5.74) is 1.11. The third-order valence-electron chi connectivity index (χ3n) is 7.97. The lowest BCUT2D eigenvalue weighted by Crippen LogP contribution is -2.59. The number of hydrogen-bond donors (Lipinski definition) is 2. The van der Waals surface area contributed by atoms with Crippen molar-refractivity contribution >= 4 is 15.9 Å². The van der Waals surface area contributed by atoms with Crippen LogP contribution < -0.4 is 19.5 Å². The SMILES string of the molecule is COc1ccc(OC)c(C(=O)NCCc2ccc(S(=O)(=O)NC34CC5CC(CC(C5)C3)C4)cc2)c1. The van der Waals surface area contributed by atoms with Gasteiger partial charge in [0.2, 0.25) is 10.0 Å². The first-order valence-corrected chi connectivity index (χ1v) is 13.9. The standard InChI is InChI=1S/C27H34N2O5S/c1-33-22-5-8-25(34-2)24(14-22)26(30)28-10-9-18-3-6-23(7-4-18)35(31,32)29-27-15-19-11-20(16-27)13-21(12-19)17-27/h3-8,14,19-21,29H,9-13,15-17H2,1-2H3,(H,28,30). The van der Waals surface area contributed by atoms with Crippen LogP contribution in [0.15, 0.2) is 47.4 Å². The van der Waals surface area contributed by atoms with Crippen LogP contribution in [0.2, 0.25) is 0 Å². The Kier molecular flexibility index (Phi) is 6.53. The summed E-state index contributed by atoms with van der Waals surface area (Å²) in [4.78, 5) is 12.9. The molecule has 8 heteroatoms. The molecule has 0 spiro atoms. The number of nitrogens with one attached hydrogen (secondary N) is 2. The minimum atomic E-state index is -3.57.